The van der Waals surface area contributed by atoms with Crippen LogP contribution in [0.3, 0.4) is 0 Å². The van der Waals surface area contributed by atoms with E-state index >= 15 is 0 Å². The molecule has 0 fully saturated rings. The summed E-state index contributed by atoms with van der Waals surface area (Å²) in [6, 6.07) is 0. The number of hydrogen-bond donors (Lipinski definition) is 1. The molecule has 76 valence electrons. The molecule has 0 saturated heterocycles. The molecule has 4 heteroatoms. The Morgan fingerprint density at radius 3 is 1.43 bits per heavy atom. The molecule has 0 heterocycles. The van der Waals surface area contributed by atoms with Gasteiger partial charge in [0.05, 0.1) is 6.61 Å². The molecule has 0 aromatic rings. The van der Waals surface area contributed by atoms with Crippen molar-refractivity contribution in [2.75, 3.05) is 6.61 Å². The second kappa shape index (κ2) is 39.9. The van der Waals surface area contributed by atoms with E-state index in [4.69, 9.17) is 14.4 Å². The Balaban J connectivity index is -0.0000000511. The van der Waals surface area contributed by atoms with Crippen LogP contribution in [-0.4, -0.2) is 11.7 Å². The van der Waals surface area contributed by atoms with Gasteiger partial charge in [0.25, 0.3) is 0 Å². The van der Waals surface area contributed by atoms with Crippen LogP contribution in [0.5, 0.6) is 0 Å². The summed E-state index contributed by atoms with van der Waals surface area (Å²) in [6.45, 7) is 12.3. The Kier molecular flexibility index (Phi) is 66.1. The number of rotatable bonds is 1. The minimum absolute atomic E-state index is 0. The average molecular weight is 234 g/mol. The SMILES string of the molecule is C=CCO.[C-]#[O+].[C-]#[O+].[CH]1C=CC=C1.[Mn]. The first-order valence-corrected chi connectivity index (χ1v) is 3.21. The summed E-state index contributed by atoms with van der Waals surface area (Å²) in [7, 11) is 0. The molecular formula is C10H11MnO3. The quantitative estimate of drug-likeness (QED) is 0.317. The standard InChI is InChI=1S/C5H5.C3H6O.2CO.Mn/c1-2-4-5-3-1;1-2-3-4;2*1-2;/h1-5H;2,4H,1,3H2;;;. The Labute approximate surface area is 95.1 Å². The van der Waals surface area contributed by atoms with Gasteiger partial charge < -0.3 is 5.11 Å². The predicted molar refractivity (Wildman–Crippen MR) is 47.7 cm³/mol. The van der Waals surface area contributed by atoms with Crippen molar-refractivity contribution in [3.05, 3.63) is 56.7 Å². The van der Waals surface area contributed by atoms with E-state index in [1.54, 1.807) is 0 Å². The molecule has 0 aromatic heterocycles. The van der Waals surface area contributed by atoms with Gasteiger partial charge in [-0.25, -0.2) is 0 Å². The van der Waals surface area contributed by atoms with Crippen LogP contribution in [0, 0.1) is 19.7 Å². The van der Waals surface area contributed by atoms with Crippen molar-refractivity contribution < 1.29 is 31.5 Å². The van der Waals surface area contributed by atoms with Crippen molar-refractivity contribution in [2.45, 2.75) is 0 Å². The minimum atomic E-state index is 0. The smallest absolute Gasteiger partial charge is 0.00506 e. The van der Waals surface area contributed by atoms with Gasteiger partial charge in [0.15, 0.2) is 0 Å². The zero-order chi connectivity index (χ0) is 10.9. The van der Waals surface area contributed by atoms with Gasteiger partial charge in [-0.15, -0.1) is 6.58 Å². The topological polar surface area (TPSA) is 60.0 Å². The van der Waals surface area contributed by atoms with E-state index in [1.807, 2.05) is 30.7 Å². The zero-order valence-corrected chi connectivity index (χ0v) is 8.70. The van der Waals surface area contributed by atoms with E-state index in [9.17, 15) is 0 Å². The molecule has 0 amide bonds. The van der Waals surface area contributed by atoms with Crippen LogP contribution >= 0.6 is 0 Å². The van der Waals surface area contributed by atoms with Crippen molar-refractivity contribution in [1.82, 2.24) is 0 Å². The summed E-state index contributed by atoms with van der Waals surface area (Å²) in [6.07, 6.45) is 11.4. The maximum atomic E-state index is 7.76. The van der Waals surface area contributed by atoms with Gasteiger partial charge >= 0.3 is 22.6 Å². The molecule has 0 aromatic carbocycles. The number of aliphatic hydroxyl groups excluding tert-OH is 1. The zero-order valence-electron chi connectivity index (χ0n) is 7.52. The maximum absolute atomic E-state index is 7.76. The normalized spacial score (nSPS) is 8.36. The summed E-state index contributed by atoms with van der Waals surface area (Å²) in [5.41, 5.74) is 0. The fourth-order valence-electron chi connectivity index (χ4n) is 0.321. The first-order chi connectivity index (χ1) is 6.41. The summed E-state index contributed by atoms with van der Waals surface area (Å²) in [5.74, 6) is 0. The molecule has 1 aliphatic rings. The first-order valence-electron chi connectivity index (χ1n) is 3.21. The molecular weight excluding hydrogens is 223 g/mol. The van der Waals surface area contributed by atoms with Gasteiger partial charge in [-0.05, 0) is 0 Å². The van der Waals surface area contributed by atoms with Gasteiger partial charge in [-0.3, -0.25) is 0 Å². The van der Waals surface area contributed by atoms with Crippen LogP contribution < -0.4 is 0 Å². The van der Waals surface area contributed by atoms with Gasteiger partial charge in [0, 0.05) is 23.5 Å². The van der Waals surface area contributed by atoms with Gasteiger partial charge in [0.1, 0.15) is 0 Å². The molecule has 0 aliphatic heterocycles. The molecule has 14 heavy (non-hydrogen) atoms. The second-order valence-corrected chi connectivity index (χ2v) is 1.43. The fourth-order valence-corrected chi connectivity index (χ4v) is 0.321. The van der Waals surface area contributed by atoms with Crippen LogP contribution in [0.25, 0.3) is 0 Å². The Morgan fingerprint density at radius 2 is 1.36 bits per heavy atom. The Bertz CT molecular complexity index is 164. The summed E-state index contributed by atoms with van der Waals surface area (Å²) in [5, 5.41) is 7.76. The van der Waals surface area contributed by atoms with E-state index in [0.29, 0.717) is 0 Å². The monoisotopic (exact) mass is 234 g/mol. The fraction of sp³-hybridized carbons (Fsp3) is 0.100. The van der Waals surface area contributed by atoms with Gasteiger partial charge in [-0.1, -0.05) is 30.4 Å². The van der Waals surface area contributed by atoms with Crippen molar-refractivity contribution in [3.8, 4) is 0 Å². The predicted octanol–water partition coefficient (Wildman–Crippen LogP) is 1.40. The van der Waals surface area contributed by atoms with E-state index in [1.165, 1.54) is 6.08 Å². The summed E-state index contributed by atoms with van der Waals surface area (Å²) >= 11 is 0. The van der Waals surface area contributed by atoms with Crippen LogP contribution in [0.1, 0.15) is 0 Å². The molecule has 0 saturated carbocycles. The first kappa shape index (κ1) is 23.2. The van der Waals surface area contributed by atoms with Crippen molar-refractivity contribution >= 4 is 0 Å². The molecule has 1 N–H and O–H groups in total. The van der Waals surface area contributed by atoms with E-state index < -0.39 is 0 Å². The number of allylic oxidation sites excluding steroid dienone is 4. The molecule has 0 unspecified atom stereocenters. The maximum Gasteiger partial charge on any atom is 0.00506 e. The largest absolute Gasteiger partial charge is 0.0767 e. The van der Waals surface area contributed by atoms with Crippen LogP contribution in [-0.2, 0) is 26.4 Å². The van der Waals surface area contributed by atoms with Crippen LogP contribution in [0.15, 0.2) is 37.0 Å². The Hall–Kier alpha value is -0.821. The van der Waals surface area contributed by atoms with Crippen LogP contribution in [0.2, 0.25) is 0 Å². The summed E-state index contributed by atoms with van der Waals surface area (Å²) < 4.78 is 15.0. The number of hydrogen-bond acceptors (Lipinski definition) is 1. The van der Waals surface area contributed by atoms with E-state index in [0.717, 1.165) is 0 Å². The molecule has 3 nitrogen and oxygen atoms in total. The Morgan fingerprint density at radius 1 is 1.07 bits per heavy atom. The van der Waals surface area contributed by atoms with Crippen molar-refractivity contribution in [1.29, 1.82) is 0 Å². The minimum Gasteiger partial charge on any atom is -0.0767 e. The molecule has 1 aliphatic carbocycles. The number of aliphatic hydroxyl groups is 1. The molecule has 0 spiro atoms. The molecule has 0 atom stereocenters. The third-order valence-electron chi connectivity index (χ3n) is 0.685. The van der Waals surface area contributed by atoms with Gasteiger partial charge in [-0.2, -0.15) is 0 Å². The average Bonchev–Trinajstić information content (AvgIpc) is 2.82. The van der Waals surface area contributed by atoms with E-state index in [2.05, 4.69) is 19.9 Å². The third-order valence-corrected chi connectivity index (χ3v) is 0.685. The van der Waals surface area contributed by atoms with Crippen LogP contribution in [0.4, 0.5) is 0 Å². The third kappa shape index (κ3) is 43.2. The molecule has 2 radical (unpaired) electrons. The summed E-state index contributed by atoms with van der Waals surface area (Å²) in [4.78, 5) is 0. The molecule has 1 rings (SSSR count). The molecule has 0 bridgehead atoms. The van der Waals surface area contributed by atoms with Crippen molar-refractivity contribution in [3.63, 3.8) is 0 Å². The van der Waals surface area contributed by atoms with Gasteiger partial charge in [0.2, 0.25) is 0 Å². The second-order valence-electron chi connectivity index (χ2n) is 1.43. The van der Waals surface area contributed by atoms with Crippen molar-refractivity contribution in [2.24, 2.45) is 0 Å². The van der Waals surface area contributed by atoms with E-state index in [-0.39, 0.29) is 23.7 Å².